The van der Waals surface area contributed by atoms with Crippen LogP contribution in [0.3, 0.4) is 0 Å². The zero-order valence-corrected chi connectivity index (χ0v) is 11.8. The monoisotopic (exact) mass is 312 g/mol. The molecule has 0 heterocycles. The normalized spacial score (nSPS) is 11.4. The van der Waals surface area contributed by atoms with E-state index in [1.165, 1.54) is 32.2 Å². The number of hydrogen-bond acceptors (Lipinski definition) is 2. The van der Waals surface area contributed by atoms with Crippen molar-refractivity contribution in [1.82, 2.24) is 0 Å². The third kappa shape index (κ3) is 3.10. The van der Waals surface area contributed by atoms with Gasteiger partial charge in [-0.2, -0.15) is 13.2 Å². The second-order valence-electron chi connectivity index (χ2n) is 4.66. The topological polar surface area (TPSA) is 26.3 Å². The summed E-state index contributed by atoms with van der Waals surface area (Å²) < 4.78 is 56.5. The molecule has 116 valence electrons. The van der Waals surface area contributed by atoms with Crippen LogP contribution in [-0.2, 0) is 6.18 Å². The van der Waals surface area contributed by atoms with Gasteiger partial charge in [-0.1, -0.05) is 12.1 Å². The highest BCUT2D eigenvalue weighted by Crippen LogP contribution is 2.35. The number of ether oxygens (including phenoxy) is 1. The first kappa shape index (κ1) is 16.0. The van der Waals surface area contributed by atoms with Gasteiger partial charge in [0.05, 0.1) is 18.2 Å². The van der Waals surface area contributed by atoms with E-state index in [0.717, 1.165) is 18.2 Å². The third-order valence-electron chi connectivity index (χ3n) is 3.19. The fourth-order valence-corrected chi connectivity index (χ4v) is 2.06. The van der Waals surface area contributed by atoms with Gasteiger partial charge in [0.15, 0.2) is 5.78 Å². The summed E-state index contributed by atoms with van der Waals surface area (Å²) in [4.78, 5) is 11.4. The Labute approximate surface area is 124 Å². The molecule has 0 amide bonds. The minimum absolute atomic E-state index is 0.141. The first-order valence-corrected chi connectivity index (χ1v) is 6.30. The number of halogens is 4. The van der Waals surface area contributed by atoms with E-state index >= 15 is 0 Å². The van der Waals surface area contributed by atoms with Crippen molar-refractivity contribution >= 4 is 5.78 Å². The van der Waals surface area contributed by atoms with Crippen molar-refractivity contribution in [2.24, 2.45) is 0 Å². The summed E-state index contributed by atoms with van der Waals surface area (Å²) >= 11 is 0. The summed E-state index contributed by atoms with van der Waals surface area (Å²) in [6, 6.07) is 6.67. The molecule has 0 aromatic heterocycles. The number of carbonyl (C=O) groups excluding carboxylic acids is 1. The van der Waals surface area contributed by atoms with Crippen LogP contribution in [0, 0.1) is 5.82 Å². The van der Waals surface area contributed by atoms with Gasteiger partial charge in [0, 0.05) is 11.6 Å². The summed E-state index contributed by atoms with van der Waals surface area (Å²) in [5.41, 5.74) is -0.185. The highest BCUT2D eigenvalue weighted by atomic mass is 19.4. The van der Waals surface area contributed by atoms with Gasteiger partial charge in [-0.15, -0.1) is 0 Å². The number of methoxy groups -OCH3 is 1. The molecular formula is C16H12F4O2. The summed E-state index contributed by atoms with van der Waals surface area (Å²) in [6.07, 6.45) is -4.43. The van der Waals surface area contributed by atoms with Crippen LogP contribution in [0.15, 0.2) is 36.4 Å². The van der Waals surface area contributed by atoms with Gasteiger partial charge in [-0.05, 0) is 30.7 Å². The summed E-state index contributed by atoms with van der Waals surface area (Å²) in [6.45, 7) is 1.21. The van der Waals surface area contributed by atoms with E-state index in [-0.39, 0.29) is 11.3 Å². The van der Waals surface area contributed by atoms with Crippen LogP contribution in [0.2, 0.25) is 0 Å². The molecule has 22 heavy (non-hydrogen) atoms. The van der Waals surface area contributed by atoms with Crippen molar-refractivity contribution in [2.45, 2.75) is 13.1 Å². The molecule has 2 nitrogen and oxygen atoms in total. The SMILES string of the molecule is COc1cc(F)c(C(C)=O)cc1-c1ccc(C(F)(F)F)cc1. The molecular weight excluding hydrogens is 300 g/mol. The van der Waals surface area contributed by atoms with Crippen molar-refractivity contribution < 1.29 is 27.1 Å². The zero-order valence-electron chi connectivity index (χ0n) is 11.8. The number of Topliss-reactive ketones (excluding diaryl/α,β-unsaturated/α-hetero) is 1. The lowest BCUT2D eigenvalue weighted by molar-refractivity contribution is -0.137. The number of rotatable bonds is 3. The van der Waals surface area contributed by atoms with E-state index in [1.807, 2.05) is 0 Å². The van der Waals surface area contributed by atoms with Gasteiger partial charge in [-0.25, -0.2) is 4.39 Å². The number of carbonyl (C=O) groups is 1. The standard InChI is InChI=1S/C16H12F4O2/c1-9(21)12-7-13(15(22-2)8-14(12)17)10-3-5-11(6-4-10)16(18,19)20/h3-8H,1-2H3. The molecule has 0 fully saturated rings. The summed E-state index contributed by atoms with van der Waals surface area (Å²) in [5, 5.41) is 0. The van der Waals surface area contributed by atoms with Gasteiger partial charge >= 0.3 is 6.18 Å². The van der Waals surface area contributed by atoms with Gasteiger partial charge in [-0.3, -0.25) is 4.79 Å². The fourth-order valence-electron chi connectivity index (χ4n) is 2.06. The molecule has 0 saturated heterocycles. The van der Waals surface area contributed by atoms with E-state index < -0.39 is 23.3 Å². The highest BCUT2D eigenvalue weighted by molar-refractivity contribution is 5.96. The molecule has 2 aromatic rings. The predicted molar refractivity (Wildman–Crippen MR) is 73.4 cm³/mol. The Morgan fingerprint density at radius 2 is 1.68 bits per heavy atom. The molecule has 0 aliphatic rings. The summed E-state index contributed by atoms with van der Waals surface area (Å²) in [5.74, 6) is -1.07. The molecule has 2 rings (SSSR count). The van der Waals surface area contributed by atoms with Crippen LogP contribution in [0.25, 0.3) is 11.1 Å². The average molecular weight is 312 g/mol. The molecule has 0 aliphatic carbocycles. The Kier molecular flexibility index (Phi) is 4.21. The van der Waals surface area contributed by atoms with E-state index in [2.05, 4.69) is 0 Å². The molecule has 0 N–H and O–H groups in total. The zero-order chi connectivity index (χ0) is 16.5. The molecule has 0 spiro atoms. The van der Waals surface area contributed by atoms with Crippen LogP contribution < -0.4 is 4.74 Å². The molecule has 6 heteroatoms. The van der Waals surface area contributed by atoms with Crippen LogP contribution in [0.1, 0.15) is 22.8 Å². The van der Waals surface area contributed by atoms with Gasteiger partial charge < -0.3 is 4.74 Å². The minimum Gasteiger partial charge on any atom is -0.496 e. The van der Waals surface area contributed by atoms with Crippen molar-refractivity contribution in [3.63, 3.8) is 0 Å². The summed E-state index contributed by atoms with van der Waals surface area (Å²) in [7, 11) is 1.32. The molecule has 0 saturated carbocycles. The Hall–Kier alpha value is -2.37. The first-order valence-electron chi connectivity index (χ1n) is 6.30. The first-order chi connectivity index (χ1) is 10.2. The van der Waals surface area contributed by atoms with Crippen molar-refractivity contribution in [3.8, 4) is 16.9 Å². The molecule has 0 radical (unpaired) electrons. The van der Waals surface area contributed by atoms with Crippen molar-refractivity contribution in [3.05, 3.63) is 53.3 Å². The Balaban J connectivity index is 2.56. The van der Waals surface area contributed by atoms with E-state index in [4.69, 9.17) is 4.74 Å². The number of ketones is 1. The third-order valence-corrected chi connectivity index (χ3v) is 3.19. The number of hydrogen-bond donors (Lipinski definition) is 0. The van der Waals surface area contributed by atoms with E-state index in [0.29, 0.717) is 11.1 Å². The predicted octanol–water partition coefficient (Wildman–Crippen LogP) is 4.72. The lowest BCUT2D eigenvalue weighted by atomic mass is 9.99. The smallest absolute Gasteiger partial charge is 0.416 e. The van der Waals surface area contributed by atoms with Gasteiger partial charge in [0.2, 0.25) is 0 Å². The lowest BCUT2D eigenvalue weighted by Crippen LogP contribution is -2.04. The Bertz CT molecular complexity index is 703. The van der Waals surface area contributed by atoms with Crippen LogP contribution >= 0.6 is 0 Å². The second kappa shape index (κ2) is 5.79. The van der Waals surface area contributed by atoms with Crippen molar-refractivity contribution in [2.75, 3.05) is 7.11 Å². The molecule has 0 atom stereocenters. The van der Waals surface area contributed by atoms with Crippen LogP contribution in [-0.4, -0.2) is 12.9 Å². The second-order valence-corrected chi connectivity index (χ2v) is 4.66. The van der Waals surface area contributed by atoms with Crippen molar-refractivity contribution in [1.29, 1.82) is 0 Å². The number of benzene rings is 2. The quantitative estimate of drug-likeness (QED) is 0.605. The largest absolute Gasteiger partial charge is 0.496 e. The van der Waals surface area contributed by atoms with Crippen LogP contribution in [0.4, 0.5) is 17.6 Å². The molecule has 0 unspecified atom stereocenters. The maximum Gasteiger partial charge on any atom is 0.416 e. The Morgan fingerprint density at radius 1 is 1.09 bits per heavy atom. The molecule has 2 aromatic carbocycles. The highest BCUT2D eigenvalue weighted by Gasteiger charge is 2.30. The van der Waals surface area contributed by atoms with Gasteiger partial charge in [0.25, 0.3) is 0 Å². The van der Waals surface area contributed by atoms with E-state index in [1.54, 1.807) is 0 Å². The maximum absolute atomic E-state index is 13.8. The van der Waals surface area contributed by atoms with E-state index in [9.17, 15) is 22.4 Å². The lowest BCUT2D eigenvalue weighted by Gasteiger charge is -2.12. The molecule has 0 aliphatic heterocycles. The minimum atomic E-state index is -4.43. The number of alkyl halides is 3. The fraction of sp³-hybridized carbons (Fsp3) is 0.188. The maximum atomic E-state index is 13.8. The Morgan fingerprint density at radius 3 is 2.14 bits per heavy atom. The van der Waals surface area contributed by atoms with Gasteiger partial charge in [0.1, 0.15) is 11.6 Å². The van der Waals surface area contributed by atoms with Crippen LogP contribution in [0.5, 0.6) is 5.75 Å². The average Bonchev–Trinajstić information content (AvgIpc) is 2.45. The molecule has 0 bridgehead atoms.